The third kappa shape index (κ3) is 7.80. The normalized spacial score (nSPS) is 11.4. The average molecular weight is 398 g/mol. The van der Waals surface area contributed by atoms with Gasteiger partial charge in [-0.15, -0.1) is 0 Å². The van der Waals surface area contributed by atoms with Gasteiger partial charge in [0.25, 0.3) is 0 Å². The van der Waals surface area contributed by atoms with E-state index in [2.05, 4.69) is 34.6 Å². The van der Waals surface area contributed by atoms with Crippen molar-refractivity contribution >= 4 is 5.91 Å². The first-order valence-electron chi connectivity index (χ1n) is 10.3. The van der Waals surface area contributed by atoms with Crippen molar-refractivity contribution in [2.45, 2.75) is 54.2 Å². The third-order valence-electron chi connectivity index (χ3n) is 4.46. The van der Waals surface area contributed by atoms with Crippen LogP contribution in [0.3, 0.4) is 0 Å². The maximum Gasteiger partial charge on any atom is 0.223 e. The van der Waals surface area contributed by atoms with Crippen LogP contribution in [0.25, 0.3) is 0 Å². The second kappa shape index (κ2) is 10.3. The van der Waals surface area contributed by atoms with E-state index in [1.165, 1.54) is 0 Å². The number of amides is 1. The number of hydrogen-bond acceptors (Lipinski definition) is 3. The number of methoxy groups -OCH3 is 1. The quantitative estimate of drug-likeness (QED) is 0.545. The Balaban J connectivity index is 2.12. The molecule has 0 aliphatic carbocycles. The van der Waals surface area contributed by atoms with E-state index in [1.54, 1.807) is 7.11 Å². The van der Waals surface area contributed by atoms with Crippen LogP contribution in [0.5, 0.6) is 11.5 Å². The van der Waals surface area contributed by atoms with Gasteiger partial charge in [0.2, 0.25) is 5.91 Å². The molecule has 0 atom stereocenters. The Hall–Kier alpha value is -2.49. The molecule has 0 radical (unpaired) electrons. The number of benzene rings is 2. The topological polar surface area (TPSA) is 38.8 Å². The molecule has 0 bridgehead atoms. The molecule has 2 aromatic carbocycles. The van der Waals surface area contributed by atoms with Gasteiger partial charge in [-0.1, -0.05) is 71.0 Å². The number of ether oxygens (including phenoxy) is 2. The highest BCUT2D eigenvalue weighted by Gasteiger charge is 2.22. The summed E-state index contributed by atoms with van der Waals surface area (Å²) < 4.78 is 11.5. The van der Waals surface area contributed by atoms with Crippen molar-refractivity contribution in [2.24, 2.45) is 11.3 Å². The Morgan fingerprint density at radius 3 is 2.28 bits per heavy atom. The van der Waals surface area contributed by atoms with Gasteiger partial charge < -0.3 is 14.4 Å². The van der Waals surface area contributed by atoms with E-state index >= 15 is 0 Å². The lowest BCUT2D eigenvalue weighted by Crippen LogP contribution is -2.35. The highest BCUT2D eigenvalue weighted by atomic mass is 16.5. The molecule has 0 spiro atoms. The van der Waals surface area contributed by atoms with Crippen molar-refractivity contribution in [3.05, 3.63) is 59.7 Å². The predicted octanol–water partition coefficient (Wildman–Crippen LogP) is 5.70. The fourth-order valence-electron chi connectivity index (χ4n) is 3.15. The lowest BCUT2D eigenvalue weighted by Gasteiger charge is -2.28. The van der Waals surface area contributed by atoms with Crippen molar-refractivity contribution < 1.29 is 14.3 Å². The van der Waals surface area contributed by atoms with Crippen LogP contribution in [-0.4, -0.2) is 24.5 Å². The van der Waals surface area contributed by atoms with Crippen LogP contribution in [0.15, 0.2) is 48.5 Å². The molecule has 29 heavy (non-hydrogen) atoms. The Bertz CT molecular complexity index is 778. The fourth-order valence-corrected chi connectivity index (χ4v) is 3.15. The lowest BCUT2D eigenvalue weighted by molar-refractivity contribution is -0.134. The van der Waals surface area contributed by atoms with Gasteiger partial charge in [-0.05, 0) is 34.6 Å². The molecular weight excluding hydrogens is 362 g/mol. The summed E-state index contributed by atoms with van der Waals surface area (Å²) in [6, 6.07) is 16.0. The molecule has 1 amide bonds. The predicted molar refractivity (Wildman–Crippen MR) is 118 cm³/mol. The van der Waals surface area contributed by atoms with Gasteiger partial charge in [0.1, 0.15) is 6.61 Å². The summed E-state index contributed by atoms with van der Waals surface area (Å²) in [7, 11) is 1.64. The Morgan fingerprint density at radius 2 is 1.69 bits per heavy atom. The molecule has 4 nitrogen and oxygen atoms in total. The molecule has 0 unspecified atom stereocenters. The smallest absolute Gasteiger partial charge is 0.223 e. The zero-order valence-electron chi connectivity index (χ0n) is 18.7. The molecule has 158 valence electrons. The first-order valence-corrected chi connectivity index (χ1v) is 10.3. The van der Waals surface area contributed by atoms with Crippen LogP contribution >= 0.6 is 0 Å². The fraction of sp³-hybridized carbons (Fsp3) is 0.480. The van der Waals surface area contributed by atoms with E-state index in [0.717, 1.165) is 17.7 Å². The highest BCUT2D eigenvalue weighted by Crippen LogP contribution is 2.30. The zero-order valence-corrected chi connectivity index (χ0v) is 18.7. The molecule has 4 heteroatoms. The Morgan fingerprint density at radius 1 is 1.00 bits per heavy atom. The van der Waals surface area contributed by atoms with E-state index < -0.39 is 0 Å². The van der Waals surface area contributed by atoms with E-state index in [0.29, 0.717) is 37.0 Å². The van der Waals surface area contributed by atoms with Crippen molar-refractivity contribution in [1.82, 2.24) is 4.90 Å². The Kier molecular flexibility index (Phi) is 8.12. The van der Waals surface area contributed by atoms with Crippen molar-refractivity contribution in [1.29, 1.82) is 0 Å². The molecule has 2 aromatic rings. The summed E-state index contributed by atoms with van der Waals surface area (Å²) >= 11 is 0. The minimum Gasteiger partial charge on any atom is -0.493 e. The zero-order chi connectivity index (χ0) is 21.4. The summed E-state index contributed by atoms with van der Waals surface area (Å²) in [5.41, 5.74) is 2.12. The molecule has 0 aliphatic rings. The molecule has 0 aromatic heterocycles. The summed E-state index contributed by atoms with van der Waals surface area (Å²) in [5.74, 6) is 1.99. The van der Waals surface area contributed by atoms with E-state index in [9.17, 15) is 4.79 Å². The molecule has 0 saturated carbocycles. The van der Waals surface area contributed by atoms with Gasteiger partial charge in [-0.2, -0.15) is 0 Å². The van der Waals surface area contributed by atoms with Crippen molar-refractivity contribution in [3.8, 4) is 11.5 Å². The second-order valence-electron chi connectivity index (χ2n) is 9.17. The van der Waals surface area contributed by atoms with Crippen LogP contribution in [0.4, 0.5) is 0 Å². The first-order chi connectivity index (χ1) is 13.7. The molecular formula is C25H35NO3. The number of carbonyl (C=O) groups is 1. The van der Waals surface area contributed by atoms with Crippen LogP contribution in [0, 0.1) is 11.3 Å². The number of rotatable bonds is 9. The summed E-state index contributed by atoms with van der Waals surface area (Å²) in [6.07, 6.45) is 0.537. The van der Waals surface area contributed by atoms with Crippen molar-refractivity contribution in [2.75, 3.05) is 13.7 Å². The Labute approximate surface area is 175 Å². The average Bonchev–Trinajstić information content (AvgIpc) is 2.65. The largest absolute Gasteiger partial charge is 0.493 e. The SMILES string of the molecule is COc1cc(CN(CC(C)C)C(=O)CC(C)(C)C)ccc1OCc1ccccc1. The molecule has 0 fully saturated rings. The lowest BCUT2D eigenvalue weighted by atomic mass is 9.91. The molecule has 0 aliphatic heterocycles. The first kappa shape index (κ1) is 22.8. The van der Waals surface area contributed by atoms with Gasteiger partial charge >= 0.3 is 0 Å². The van der Waals surface area contributed by atoms with Gasteiger partial charge in [-0.25, -0.2) is 0 Å². The monoisotopic (exact) mass is 397 g/mol. The summed E-state index contributed by atoms with van der Waals surface area (Å²) in [5, 5.41) is 0. The maximum atomic E-state index is 12.8. The molecule has 2 rings (SSSR count). The maximum absolute atomic E-state index is 12.8. The van der Waals surface area contributed by atoms with E-state index in [4.69, 9.17) is 9.47 Å². The standard InChI is InChI=1S/C25H35NO3/c1-19(2)16-26(24(27)15-25(3,4)5)17-21-12-13-22(23(14-21)28-6)29-18-20-10-8-7-9-11-20/h7-14,19H,15-18H2,1-6H3. The van der Waals surface area contributed by atoms with Crippen LogP contribution < -0.4 is 9.47 Å². The second-order valence-corrected chi connectivity index (χ2v) is 9.17. The van der Waals surface area contributed by atoms with Crippen LogP contribution in [0.2, 0.25) is 0 Å². The van der Waals surface area contributed by atoms with E-state index in [-0.39, 0.29) is 11.3 Å². The van der Waals surface area contributed by atoms with Gasteiger partial charge in [0.15, 0.2) is 11.5 Å². The molecule has 0 saturated heterocycles. The van der Waals surface area contributed by atoms with Crippen LogP contribution in [0.1, 0.15) is 52.2 Å². The highest BCUT2D eigenvalue weighted by molar-refractivity contribution is 5.76. The number of nitrogens with zero attached hydrogens (tertiary/aromatic N) is 1. The van der Waals surface area contributed by atoms with Gasteiger partial charge in [0, 0.05) is 19.5 Å². The summed E-state index contributed by atoms with van der Waals surface area (Å²) in [6.45, 7) is 12.4. The van der Waals surface area contributed by atoms with Gasteiger partial charge in [0.05, 0.1) is 7.11 Å². The van der Waals surface area contributed by atoms with Crippen molar-refractivity contribution in [3.63, 3.8) is 0 Å². The van der Waals surface area contributed by atoms with Gasteiger partial charge in [-0.3, -0.25) is 4.79 Å². The van der Waals surface area contributed by atoms with E-state index in [1.807, 2.05) is 53.4 Å². The summed E-state index contributed by atoms with van der Waals surface area (Å²) in [4.78, 5) is 14.8. The minimum atomic E-state index is -0.0286. The molecule has 0 N–H and O–H groups in total. The minimum absolute atomic E-state index is 0.0286. The third-order valence-corrected chi connectivity index (χ3v) is 4.46. The molecule has 0 heterocycles. The number of hydrogen-bond donors (Lipinski definition) is 0. The van der Waals surface area contributed by atoms with Crippen LogP contribution in [-0.2, 0) is 17.9 Å². The number of carbonyl (C=O) groups excluding carboxylic acids is 1.